The molecule has 2 heterocycles. The maximum Gasteiger partial charge on any atom is 0.244 e. The van der Waals surface area contributed by atoms with Crippen molar-refractivity contribution in [1.82, 2.24) is 19.7 Å². The minimum Gasteiger partial charge on any atom is -0.504 e. The number of ether oxygens (including phenoxy) is 1. The number of rotatable bonds is 3. The van der Waals surface area contributed by atoms with E-state index >= 15 is 0 Å². The number of aromatic nitrogens is 3. The number of carbonyl (C=O) groups excluding carboxylic acids is 1. The van der Waals surface area contributed by atoms with Gasteiger partial charge < -0.3 is 14.7 Å². The van der Waals surface area contributed by atoms with Crippen molar-refractivity contribution < 1.29 is 14.6 Å². The van der Waals surface area contributed by atoms with E-state index in [2.05, 4.69) is 10.1 Å². The average molecular weight is 385 g/mol. The molecule has 1 N–H and O–H groups in total. The molecule has 2 aromatic carbocycles. The molecule has 1 aliphatic heterocycles. The lowest BCUT2D eigenvalue weighted by Crippen LogP contribution is -2.35. The smallest absolute Gasteiger partial charge is 0.244 e. The quantitative estimate of drug-likeness (QED) is 0.751. The number of fused-ring (bicyclic) bond motifs is 1. The second-order valence-corrected chi connectivity index (χ2v) is 6.69. The zero-order valence-electron chi connectivity index (χ0n) is 14.4. The normalized spacial score (nSPS) is 13.6. The van der Waals surface area contributed by atoms with Crippen molar-refractivity contribution in [3.63, 3.8) is 0 Å². The zero-order chi connectivity index (χ0) is 18.8. The summed E-state index contributed by atoms with van der Waals surface area (Å²) in [4.78, 5) is 18.2. The van der Waals surface area contributed by atoms with Crippen LogP contribution in [0.1, 0.15) is 5.56 Å². The Morgan fingerprint density at radius 3 is 2.93 bits per heavy atom. The predicted octanol–water partition coefficient (Wildman–Crippen LogP) is 2.73. The highest BCUT2D eigenvalue weighted by Crippen LogP contribution is 2.38. The van der Waals surface area contributed by atoms with Gasteiger partial charge in [0.15, 0.2) is 11.5 Å². The highest BCUT2D eigenvalue weighted by atomic mass is 35.5. The van der Waals surface area contributed by atoms with E-state index in [-0.39, 0.29) is 18.2 Å². The summed E-state index contributed by atoms with van der Waals surface area (Å²) in [5.74, 6) is 0.370. The fourth-order valence-corrected chi connectivity index (χ4v) is 3.29. The van der Waals surface area contributed by atoms with Crippen molar-refractivity contribution in [2.75, 3.05) is 13.2 Å². The van der Waals surface area contributed by atoms with E-state index in [0.29, 0.717) is 30.5 Å². The second kappa shape index (κ2) is 7.28. The van der Waals surface area contributed by atoms with Crippen LogP contribution < -0.4 is 4.74 Å². The predicted molar refractivity (Wildman–Crippen MR) is 99.5 cm³/mol. The molecule has 0 radical (unpaired) electrons. The van der Waals surface area contributed by atoms with Crippen molar-refractivity contribution >= 4 is 17.5 Å². The molecule has 0 bridgehead atoms. The minimum absolute atomic E-state index is 0.0491. The Bertz CT molecular complexity index is 975. The number of amides is 1. The second-order valence-electron chi connectivity index (χ2n) is 6.25. The van der Waals surface area contributed by atoms with E-state index in [4.69, 9.17) is 16.3 Å². The summed E-state index contributed by atoms with van der Waals surface area (Å²) >= 11 is 6.08. The van der Waals surface area contributed by atoms with Crippen LogP contribution in [0.2, 0.25) is 5.02 Å². The van der Waals surface area contributed by atoms with E-state index in [0.717, 1.165) is 16.7 Å². The van der Waals surface area contributed by atoms with Crippen LogP contribution in [0.5, 0.6) is 11.5 Å². The van der Waals surface area contributed by atoms with Crippen molar-refractivity contribution in [1.29, 1.82) is 0 Å². The molecule has 0 unspecified atom stereocenters. The van der Waals surface area contributed by atoms with Crippen molar-refractivity contribution in [2.45, 2.75) is 13.1 Å². The number of benzene rings is 2. The van der Waals surface area contributed by atoms with E-state index in [9.17, 15) is 9.90 Å². The summed E-state index contributed by atoms with van der Waals surface area (Å²) in [6, 6.07) is 11.0. The third-order valence-electron chi connectivity index (χ3n) is 4.39. The molecule has 0 spiro atoms. The lowest BCUT2D eigenvalue weighted by Gasteiger charge is -2.20. The van der Waals surface area contributed by atoms with Crippen LogP contribution in [-0.2, 0) is 17.9 Å². The summed E-state index contributed by atoms with van der Waals surface area (Å²) in [5.41, 5.74) is 2.43. The van der Waals surface area contributed by atoms with Crippen molar-refractivity contribution in [2.24, 2.45) is 0 Å². The SMILES string of the molecule is O=C(Cn1cncn1)N1CCOc2c(O)cc(-c3cccc(Cl)c3)cc2C1. The first-order chi connectivity index (χ1) is 13.1. The molecule has 27 heavy (non-hydrogen) atoms. The Labute approximate surface area is 160 Å². The third kappa shape index (κ3) is 3.73. The molecule has 0 saturated heterocycles. The molecule has 8 heteroatoms. The number of nitrogens with zero attached hydrogens (tertiary/aromatic N) is 4. The van der Waals surface area contributed by atoms with E-state index in [1.807, 2.05) is 24.3 Å². The Morgan fingerprint density at radius 1 is 1.26 bits per heavy atom. The minimum atomic E-state index is -0.0930. The van der Waals surface area contributed by atoms with E-state index in [1.165, 1.54) is 17.3 Å². The van der Waals surface area contributed by atoms with Gasteiger partial charge in [-0.3, -0.25) is 4.79 Å². The maximum atomic E-state index is 12.6. The molecule has 0 aliphatic carbocycles. The Morgan fingerprint density at radius 2 is 2.15 bits per heavy atom. The summed E-state index contributed by atoms with van der Waals surface area (Å²) in [5, 5.41) is 15.0. The number of hydrogen-bond acceptors (Lipinski definition) is 5. The average Bonchev–Trinajstić information content (AvgIpc) is 3.05. The van der Waals surface area contributed by atoms with Crippen LogP contribution >= 0.6 is 11.6 Å². The van der Waals surface area contributed by atoms with Crippen molar-refractivity contribution in [3.05, 3.63) is 59.6 Å². The zero-order valence-corrected chi connectivity index (χ0v) is 15.1. The van der Waals surface area contributed by atoms with Gasteiger partial charge >= 0.3 is 0 Å². The molecule has 0 fully saturated rings. The molecule has 3 aromatic rings. The summed E-state index contributed by atoms with van der Waals surface area (Å²) < 4.78 is 7.19. The highest BCUT2D eigenvalue weighted by Gasteiger charge is 2.23. The lowest BCUT2D eigenvalue weighted by molar-refractivity contribution is -0.132. The number of phenols is 1. The molecular weight excluding hydrogens is 368 g/mol. The fourth-order valence-electron chi connectivity index (χ4n) is 3.10. The largest absolute Gasteiger partial charge is 0.504 e. The van der Waals surface area contributed by atoms with Gasteiger partial charge in [-0.15, -0.1) is 0 Å². The molecule has 4 rings (SSSR count). The van der Waals surface area contributed by atoms with Gasteiger partial charge in [0.25, 0.3) is 0 Å². The first-order valence-corrected chi connectivity index (χ1v) is 8.83. The molecule has 1 aliphatic rings. The Kier molecular flexibility index (Phi) is 4.68. The molecule has 1 amide bonds. The number of hydrogen-bond donors (Lipinski definition) is 1. The first-order valence-electron chi connectivity index (χ1n) is 8.45. The van der Waals surface area contributed by atoms with Crippen molar-refractivity contribution in [3.8, 4) is 22.6 Å². The van der Waals surface area contributed by atoms with Gasteiger partial charge in [-0.25, -0.2) is 9.67 Å². The number of phenolic OH excluding ortho intramolecular Hbond substituents is 1. The molecule has 0 atom stereocenters. The van der Waals surface area contributed by atoms with Crippen LogP contribution in [0.3, 0.4) is 0 Å². The molecule has 0 saturated carbocycles. The number of carbonyl (C=O) groups is 1. The maximum absolute atomic E-state index is 12.6. The molecular formula is C19H17ClN4O3. The fraction of sp³-hybridized carbons (Fsp3) is 0.211. The van der Waals surface area contributed by atoms with Crippen LogP contribution in [0.15, 0.2) is 49.1 Å². The van der Waals surface area contributed by atoms with E-state index in [1.54, 1.807) is 17.0 Å². The standard InChI is InChI=1S/C19H17ClN4O3/c20-16-3-1-2-13(7-16)14-6-15-9-23(4-5-27-19(15)17(25)8-14)18(26)10-24-12-21-11-22-24/h1-3,6-8,11-12,25H,4-5,9-10H2. The highest BCUT2D eigenvalue weighted by molar-refractivity contribution is 6.30. The number of aromatic hydroxyl groups is 1. The summed E-state index contributed by atoms with van der Waals surface area (Å²) in [7, 11) is 0. The van der Waals surface area contributed by atoms with Crippen LogP contribution in [0.4, 0.5) is 0 Å². The lowest BCUT2D eigenvalue weighted by atomic mass is 10.0. The van der Waals surface area contributed by atoms with E-state index < -0.39 is 0 Å². The van der Waals surface area contributed by atoms with Gasteiger partial charge in [-0.1, -0.05) is 23.7 Å². The summed E-state index contributed by atoms with van der Waals surface area (Å²) in [6.07, 6.45) is 2.90. The number of halogens is 1. The summed E-state index contributed by atoms with van der Waals surface area (Å²) in [6.45, 7) is 1.18. The van der Waals surface area contributed by atoms with Crippen LogP contribution in [0.25, 0.3) is 11.1 Å². The van der Waals surface area contributed by atoms with Gasteiger partial charge in [-0.2, -0.15) is 5.10 Å². The molecule has 7 nitrogen and oxygen atoms in total. The van der Waals surface area contributed by atoms with Gasteiger partial charge in [0, 0.05) is 17.1 Å². The van der Waals surface area contributed by atoms with Crippen LogP contribution in [0, 0.1) is 0 Å². The van der Waals surface area contributed by atoms with Gasteiger partial charge in [0.1, 0.15) is 25.8 Å². The Balaban J connectivity index is 1.63. The monoisotopic (exact) mass is 384 g/mol. The molecule has 138 valence electrons. The first kappa shape index (κ1) is 17.4. The Hall–Kier alpha value is -3.06. The van der Waals surface area contributed by atoms with Crippen LogP contribution in [-0.4, -0.2) is 43.8 Å². The topological polar surface area (TPSA) is 80.5 Å². The molecule has 1 aromatic heterocycles. The third-order valence-corrected chi connectivity index (χ3v) is 4.62. The van der Waals surface area contributed by atoms with Gasteiger partial charge in [-0.05, 0) is 35.4 Å². The van der Waals surface area contributed by atoms with Gasteiger partial charge in [0.2, 0.25) is 5.91 Å². The van der Waals surface area contributed by atoms with Gasteiger partial charge in [0.05, 0.1) is 6.54 Å².